The van der Waals surface area contributed by atoms with E-state index in [0.717, 1.165) is 25.7 Å². The topological polar surface area (TPSA) is 63.6 Å². The van der Waals surface area contributed by atoms with Gasteiger partial charge in [0.25, 0.3) is 0 Å². The average Bonchev–Trinajstić information content (AvgIpc) is 2.30. The molecule has 1 unspecified atom stereocenters. The molecule has 0 heterocycles. The third kappa shape index (κ3) is 3.45. The number of aliphatic carboxylic acids is 1. The van der Waals surface area contributed by atoms with Gasteiger partial charge in [-0.2, -0.15) is 0 Å². The predicted molar refractivity (Wildman–Crippen MR) is 63.6 cm³/mol. The summed E-state index contributed by atoms with van der Waals surface area (Å²) in [7, 11) is 0. The quantitative estimate of drug-likeness (QED) is 0.594. The second-order valence-electron chi connectivity index (χ2n) is 5.07. The maximum absolute atomic E-state index is 11.8. The highest BCUT2D eigenvalue weighted by Gasteiger charge is 2.44. The van der Waals surface area contributed by atoms with Gasteiger partial charge < -0.3 is 9.84 Å². The molecule has 98 valence electrons. The van der Waals surface area contributed by atoms with E-state index in [0.29, 0.717) is 12.3 Å². The molecule has 4 heteroatoms. The number of rotatable bonds is 5. The standard InChI is InChI=1S/C13H22O4/c1-3-17-12(16)13(2,11(14)15)9-10-7-5-4-6-8-10/h10H,3-9H2,1-2H3,(H,14,15). The van der Waals surface area contributed by atoms with E-state index in [1.54, 1.807) is 6.92 Å². The number of ether oxygens (including phenoxy) is 1. The van der Waals surface area contributed by atoms with Crippen molar-refractivity contribution in [2.24, 2.45) is 11.3 Å². The highest BCUT2D eigenvalue weighted by atomic mass is 16.5. The molecule has 0 amide bonds. The molecule has 0 aromatic carbocycles. The zero-order valence-electron chi connectivity index (χ0n) is 10.7. The number of carboxylic acid groups (broad SMARTS) is 1. The largest absolute Gasteiger partial charge is 0.480 e. The molecule has 4 nitrogen and oxygen atoms in total. The normalized spacial score (nSPS) is 20.6. The highest BCUT2D eigenvalue weighted by Crippen LogP contribution is 2.35. The Kier molecular flexibility index (Phi) is 4.97. The Hall–Kier alpha value is -1.06. The van der Waals surface area contributed by atoms with Crippen LogP contribution in [0.4, 0.5) is 0 Å². The van der Waals surface area contributed by atoms with Crippen LogP contribution in [0.25, 0.3) is 0 Å². The first-order valence-corrected chi connectivity index (χ1v) is 6.41. The molecule has 0 saturated heterocycles. The summed E-state index contributed by atoms with van der Waals surface area (Å²) in [5, 5.41) is 9.26. The minimum atomic E-state index is -1.38. The molecule has 1 atom stereocenters. The molecule has 1 N–H and O–H groups in total. The molecular weight excluding hydrogens is 220 g/mol. The smallest absolute Gasteiger partial charge is 0.323 e. The van der Waals surface area contributed by atoms with E-state index in [-0.39, 0.29) is 6.61 Å². The Morgan fingerprint density at radius 1 is 1.29 bits per heavy atom. The van der Waals surface area contributed by atoms with Crippen molar-refractivity contribution in [3.8, 4) is 0 Å². The molecule has 0 bridgehead atoms. The molecule has 0 aliphatic heterocycles. The summed E-state index contributed by atoms with van der Waals surface area (Å²) in [6.07, 6.45) is 5.97. The third-order valence-electron chi connectivity index (χ3n) is 3.62. The van der Waals surface area contributed by atoms with Crippen molar-refractivity contribution >= 4 is 11.9 Å². The Labute approximate surface area is 102 Å². The lowest BCUT2D eigenvalue weighted by atomic mass is 9.75. The van der Waals surface area contributed by atoms with Crippen LogP contribution in [0, 0.1) is 11.3 Å². The zero-order chi connectivity index (χ0) is 12.9. The second kappa shape index (κ2) is 6.03. The van der Waals surface area contributed by atoms with Crippen LogP contribution in [0.5, 0.6) is 0 Å². The molecule has 0 aromatic heterocycles. The van der Waals surface area contributed by atoms with E-state index in [1.165, 1.54) is 13.3 Å². The van der Waals surface area contributed by atoms with Crippen LogP contribution in [0.2, 0.25) is 0 Å². The first-order valence-electron chi connectivity index (χ1n) is 6.41. The number of carboxylic acids is 1. The molecule has 17 heavy (non-hydrogen) atoms. The van der Waals surface area contributed by atoms with E-state index in [2.05, 4.69) is 0 Å². The van der Waals surface area contributed by atoms with Crippen molar-refractivity contribution in [2.75, 3.05) is 6.61 Å². The molecule has 1 aliphatic rings. The van der Waals surface area contributed by atoms with E-state index < -0.39 is 17.4 Å². The van der Waals surface area contributed by atoms with Crippen molar-refractivity contribution in [3.05, 3.63) is 0 Å². The molecule has 1 saturated carbocycles. The summed E-state index contributed by atoms with van der Waals surface area (Å²) in [6.45, 7) is 3.41. The van der Waals surface area contributed by atoms with E-state index in [9.17, 15) is 14.7 Å². The van der Waals surface area contributed by atoms with Crippen molar-refractivity contribution in [1.82, 2.24) is 0 Å². The zero-order valence-corrected chi connectivity index (χ0v) is 10.7. The number of esters is 1. The fraction of sp³-hybridized carbons (Fsp3) is 0.846. The maximum Gasteiger partial charge on any atom is 0.323 e. The lowest BCUT2D eigenvalue weighted by Gasteiger charge is -2.29. The summed E-state index contributed by atoms with van der Waals surface area (Å²) in [4.78, 5) is 23.1. The molecule has 0 radical (unpaired) electrons. The number of carbonyl (C=O) groups is 2. The molecule has 1 aliphatic carbocycles. The summed E-state index contributed by atoms with van der Waals surface area (Å²) in [5.41, 5.74) is -1.38. The van der Waals surface area contributed by atoms with Gasteiger partial charge in [-0.25, -0.2) is 0 Å². The summed E-state index contributed by atoms with van der Waals surface area (Å²) in [5.74, 6) is -1.33. The fourth-order valence-corrected chi connectivity index (χ4v) is 2.52. The van der Waals surface area contributed by atoms with Gasteiger partial charge in [0.2, 0.25) is 0 Å². The van der Waals surface area contributed by atoms with Gasteiger partial charge in [-0.3, -0.25) is 9.59 Å². The van der Waals surface area contributed by atoms with Gasteiger partial charge in [0, 0.05) is 0 Å². The van der Waals surface area contributed by atoms with Gasteiger partial charge >= 0.3 is 11.9 Å². The van der Waals surface area contributed by atoms with E-state index >= 15 is 0 Å². The van der Waals surface area contributed by atoms with E-state index in [1.807, 2.05) is 0 Å². The van der Waals surface area contributed by atoms with Crippen molar-refractivity contribution in [1.29, 1.82) is 0 Å². The first-order chi connectivity index (χ1) is 8.00. The first kappa shape index (κ1) is 14.0. The minimum absolute atomic E-state index is 0.229. The van der Waals surface area contributed by atoms with Gasteiger partial charge in [0.15, 0.2) is 5.41 Å². The van der Waals surface area contributed by atoms with Crippen LogP contribution >= 0.6 is 0 Å². The maximum atomic E-state index is 11.8. The van der Waals surface area contributed by atoms with Gasteiger partial charge in [-0.1, -0.05) is 32.1 Å². The summed E-state index contributed by atoms with van der Waals surface area (Å²) in [6, 6.07) is 0. The Morgan fingerprint density at radius 2 is 1.88 bits per heavy atom. The highest BCUT2D eigenvalue weighted by molar-refractivity contribution is 5.98. The summed E-state index contributed by atoms with van der Waals surface area (Å²) >= 11 is 0. The molecule has 0 aromatic rings. The van der Waals surface area contributed by atoms with Crippen LogP contribution in [0.1, 0.15) is 52.4 Å². The Morgan fingerprint density at radius 3 is 2.35 bits per heavy atom. The van der Waals surface area contributed by atoms with Gasteiger partial charge in [0.05, 0.1) is 6.61 Å². The van der Waals surface area contributed by atoms with Gasteiger partial charge in [-0.15, -0.1) is 0 Å². The molecule has 1 fully saturated rings. The van der Waals surface area contributed by atoms with Crippen LogP contribution in [-0.2, 0) is 14.3 Å². The SMILES string of the molecule is CCOC(=O)C(C)(CC1CCCCC1)C(=O)O. The lowest BCUT2D eigenvalue weighted by Crippen LogP contribution is -2.40. The van der Waals surface area contributed by atoms with Crippen LogP contribution in [0.3, 0.4) is 0 Å². The predicted octanol–water partition coefficient (Wildman–Crippen LogP) is 2.61. The lowest BCUT2D eigenvalue weighted by molar-refractivity contribution is -0.168. The molecule has 1 rings (SSSR count). The van der Waals surface area contributed by atoms with E-state index in [4.69, 9.17) is 4.74 Å². The van der Waals surface area contributed by atoms with Crippen molar-refractivity contribution in [3.63, 3.8) is 0 Å². The monoisotopic (exact) mass is 242 g/mol. The fourth-order valence-electron chi connectivity index (χ4n) is 2.52. The number of hydrogen-bond acceptors (Lipinski definition) is 3. The minimum Gasteiger partial charge on any atom is -0.480 e. The molecule has 0 spiro atoms. The van der Waals surface area contributed by atoms with Crippen molar-refractivity contribution in [2.45, 2.75) is 52.4 Å². The Balaban J connectivity index is 2.69. The average molecular weight is 242 g/mol. The Bertz CT molecular complexity index is 281. The number of carbonyl (C=O) groups excluding carboxylic acids is 1. The third-order valence-corrected chi connectivity index (χ3v) is 3.62. The summed E-state index contributed by atoms with van der Waals surface area (Å²) < 4.78 is 4.89. The number of hydrogen-bond donors (Lipinski definition) is 1. The van der Waals surface area contributed by atoms with Gasteiger partial charge in [0.1, 0.15) is 0 Å². The van der Waals surface area contributed by atoms with Crippen LogP contribution in [0.15, 0.2) is 0 Å². The van der Waals surface area contributed by atoms with Crippen molar-refractivity contribution < 1.29 is 19.4 Å². The van der Waals surface area contributed by atoms with Crippen LogP contribution in [-0.4, -0.2) is 23.7 Å². The molecular formula is C13H22O4. The second-order valence-corrected chi connectivity index (χ2v) is 5.07. The van der Waals surface area contributed by atoms with Crippen LogP contribution < -0.4 is 0 Å². The van der Waals surface area contributed by atoms with Gasteiger partial charge in [-0.05, 0) is 26.2 Å².